The lowest BCUT2D eigenvalue weighted by Gasteiger charge is -2.08. The lowest BCUT2D eigenvalue weighted by Crippen LogP contribution is -2.12. The maximum absolute atomic E-state index is 13.7. The van der Waals surface area contributed by atoms with Crippen molar-refractivity contribution in [2.24, 2.45) is 0 Å². The zero-order chi connectivity index (χ0) is 14.7. The lowest BCUT2D eigenvalue weighted by molar-refractivity contribution is 0.0918. The number of halogens is 3. The molecule has 2 rings (SSSR count). The monoisotopic (exact) mass is 312 g/mol. The van der Waals surface area contributed by atoms with Crippen LogP contribution in [0.3, 0.4) is 0 Å². The van der Waals surface area contributed by atoms with Gasteiger partial charge < -0.3 is 4.74 Å². The molecule has 0 heterocycles. The van der Waals surface area contributed by atoms with Gasteiger partial charge in [0.15, 0.2) is 24.0 Å². The number of ketones is 1. The van der Waals surface area contributed by atoms with Crippen molar-refractivity contribution < 1.29 is 13.9 Å². The fraction of sp³-hybridized carbons (Fsp3) is 0.133. The minimum absolute atomic E-state index is 0.0541. The number of ether oxygens (including phenoxy) is 1. The van der Waals surface area contributed by atoms with Gasteiger partial charge in [-0.25, -0.2) is 4.39 Å². The second kappa shape index (κ2) is 6.25. The molecule has 2 nitrogen and oxygen atoms in total. The molecule has 0 radical (unpaired) electrons. The van der Waals surface area contributed by atoms with Crippen LogP contribution in [0.2, 0.25) is 10.0 Å². The van der Waals surface area contributed by atoms with Gasteiger partial charge >= 0.3 is 0 Å². The average molecular weight is 313 g/mol. The van der Waals surface area contributed by atoms with Crippen molar-refractivity contribution in [1.29, 1.82) is 0 Å². The van der Waals surface area contributed by atoms with Crippen LogP contribution in [0.25, 0.3) is 0 Å². The highest BCUT2D eigenvalue weighted by atomic mass is 35.5. The summed E-state index contributed by atoms with van der Waals surface area (Å²) in [5, 5.41) is 0.660. The summed E-state index contributed by atoms with van der Waals surface area (Å²) in [5.41, 5.74) is 0.831. The molecule has 5 heteroatoms. The first-order valence-corrected chi connectivity index (χ1v) is 6.61. The molecule has 0 unspecified atom stereocenters. The van der Waals surface area contributed by atoms with Crippen LogP contribution < -0.4 is 4.74 Å². The molecule has 0 saturated carbocycles. The van der Waals surface area contributed by atoms with Gasteiger partial charge in [0.05, 0.1) is 10.0 Å². The van der Waals surface area contributed by atoms with Gasteiger partial charge in [0.25, 0.3) is 0 Å². The summed E-state index contributed by atoms with van der Waals surface area (Å²) in [7, 11) is 0. The summed E-state index contributed by atoms with van der Waals surface area (Å²) in [6.07, 6.45) is 0. The van der Waals surface area contributed by atoms with Crippen LogP contribution in [0.4, 0.5) is 4.39 Å². The number of rotatable bonds is 4. The SMILES string of the molecule is Cc1cccc(OCC(=O)c2ccc(Cl)c(Cl)c2)c1F. The molecule has 0 fully saturated rings. The number of benzene rings is 2. The van der Waals surface area contributed by atoms with Crippen LogP contribution in [-0.4, -0.2) is 12.4 Å². The Morgan fingerprint density at radius 1 is 1.20 bits per heavy atom. The molecule has 0 aromatic heterocycles. The summed E-state index contributed by atoms with van der Waals surface area (Å²) in [6.45, 7) is 1.36. The normalized spacial score (nSPS) is 10.4. The highest BCUT2D eigenvalue weighted by Crippen LogP contribution is 2.23. The number of hydrogen-bond acceptors (Lipinski definition) is 2. The maximum atomic E-state index is 13.7. The van der Waals surface area contributed by atoms with E-state index >= 15 is 0 Å². The fourth-order valence-electron chi connectivity index (χ4n) is 1.63. The van der Waals surface area contributed by atoms with E-state index in [4.69, 9.17) is 27.9 Å². The van der Waals surface area contributed by atoms with Crippen LogP contribution in [0.5, 0.6) is 5.75 Å². The predicted octanol–water partition coefficient (Wildman–Crippen LogP) is 4.70. The molecule has 0 spiro atoms. The minimum atomic E-state index is -0.463. The van der Waals surface area contributed by atoms with E-state index in [1.165, 1.54) is 18.2 Å². The summed E-state index contributed by atoms with van der Waals surface area (Å²) in [4.78, 5) is 11.9. The lowest BCUT2D eigenvalue weighted by atomic mass is 10.1. The zero-order valence-corrected chi connectivity index (χ0v) is 12.1. The van der Waals surface area contributed by atoms with Crippen molar-refractivity contribution in [1.82, 2.24) is 0 Å². The Morgan fingerprint density at radius 3 is 2.65 bits per heavy atom. The van der Waals surface area contributed by atoms with Crippen molar-refractivity contribution in [2.75, 3.05) is 6.61 Å². The largest absolute Gasteiger partial charge is 0.482 e. The van der Waals surface area contributed by atoms with Crippen LogP contribution >= 0.6 is 23.2 Å². The van der Waals surface area contributed by atoms with Crippen molar-refractivity contribution >= 4 is 29.0 Å². The molecule has 20 heavy (non-hydrogen) atoms. The van der Waals surface area contributed by atoms with E-state index < -0.39 is 5.82 Å². The van der Waals surface area contributed by atoms with E-state index in [0.717, 1.165) is 0 Å². The summed E-state index contributed by atoms with van der Waals surface area (Å²) < 4.78 is 18.9. The van der Waals surface area contributed by atoms with Crippen molar-refractivity contribution in [3.8, 4) is 5.75 Å². The summed E-state index contributed by atoms with van der Waals surface area (Å²) in [6, 6.07) is 9.31. The maximum Gasteiger partial charge on any atom is 0.200 e. The molecule has 104 valence electrons. The first-order chi connectivity index (χ1) is 9.49. The summed E-state index contributed by atoms with van der Waals surface area (Å²) >= 11 is 11.6. The molecule has 0 amide bonds. The van der Waals surface area contributed by atoms with Gasteiger partial charge in [-0.1, -0.05) is 35.3 Å². The number of aryl methyl sites for hydroxylation is 1. The predicted molar refractivity (Wildman–Crippen MR) is 77.4 cm³/mol. The minimum Gasteiger partial charge on any atom is -0.482 e. The zero-order valence-electron chi connectivity index (χ0n) is 10.6. The highest BCUT2D eigenvalue weighted by molar-refractivity contribution is 6.42. The number of hydrogen-bond donors (Lipinski definition) is 0. The Balaban J connectivity index is 2.08. The third-order valence-corrected chi connectivity index (χ3v) is 3.50. The molecule has 0 N–H and O–H groups in total. The van der Waals surface area contributed by atoms with Gasteiger partial charge in [-0.05, 0) is 36.8 Å². The molecular weight excluding hydrogens is 302 g/mol. The average Bonchev–Trinajstić information content (AvgIpc) is 2.43. The van der Waals surface area contributed by atoms with E-state index in [1.54, 1.807) is 25.1 Å². The summed E-state index contributed by atoms with van der Waals surface area (Å²) in [5.74, 6) is -0.711. The standard InChI is InChI=1S/C15H11Cl2FO2/c1-9-3-2-4-14(15(9)18)20-8-13(19)10-5-6-11(16)12(17)7-10/h2-7H,8H2,1H3. The van der Waals surface area contributed by atoms with E-state index in [1.807, 2.05) is 0 Å². The van der Waals surface area contributed by atoms with Gasteiger partial charge in [0.2, 0.25) is 0 Å². The first-order valence-electron chi connectivity index (χ1n) is 5.85. The Kier molecular flexibility index (Phi) is 4.63. The Bertz CT molecular complexity index is 656. The smallest absolute Gasteiger partial charge is 0.200 e. The molecule has 0 aliphatic rings. The molecule has 0 atom stereocenters. The van der Waals surface area contributed by atoms with Gasteiger partial charge in [-0.2, -0.15) is 0 Å². The third-order valence-electron chi connectivity index (χ3n) is 2.76. The second-order valence-electron chi connectivity index (χ2n) is 4.23. The van der Waals surface area contributed by atoms with E-state index in [-0.39, 0.29) is 18.1 Å². The van der Waals surface area contributed by atoms with E-state index in [0.29, 0.717) is 21.2 Å². The van der Waals surface area contributed by atoms with Gasteiger partial charge in [-0.15, -0.1) is 0 Å². The molecule has 2 aromatic rings. The topological polar surface area (TPSA) is 26.3 Å². The Morgan fingerprint density at radius 2 is 1.95 bits per heavy atom. The fourth-order valence-corrected chi connectivity index (χ4v) is 1.93. The van der Waals surface area contributed by atoms with Crippen LogP contribution in [0.1, 0.15) is 15.9 Å². The van der Waals surface area contributed by atoms with Crippen molar-refractivity contribution in [3.05, 3.63) is 63.4 Å². The Labute approximate surface area is 126 Å². The number of Topliss-reactive ketones (excluding diaryl/α,β-unsaturated/α-hetero) is 1. The van der Waals surface area contributed by atoms with Crippen LogP contribution in [0.15, 0.2) is 36.4 Å². The molecule has 2 aromatic carbocycles. The number of carbonyl (C=O) groups excluding carboxylic acids is 1. The quantitative estimate of drug-likeness (QED) is 0.765. The third kappa shape index (κ3) is 3.30. The van der Waals surface area contributed by atoms with Crippen LogP contribution in [0, 0.1) is 12.7 Å². The van der Waals surface area contributed by atoms with Crippen molar-refractivity contribution in [3.63, 3.8) is 0 Å². The van der Waals surface area contributed by atoms with E-state index in [2.05, 4.69) is 0 Å². The highest BCUT2D eigenvalue weighted by Gasteiger charge is 2.11. The van der Waals surface area contributed by atoms with E-state index in [9.17, 15) is 9.18 Å². The van der Waals surface area contributed by atoms with Gasteiger partial charge in [-0.3, -0.25) is 4.79 Å². The van der Waals surface area contributed by atoms with Gasteiger partial charge in [0, 0.05) is 5.56 Å². The van der Waals surface area contributed by atoms with Crippen molar-refractivity contribution in [2.45, 2.75) is 6.92 Å². The Hall–Kier alpha value is -1.58. The second-order valence-corrected chi connectivity index (χ2v) is 5.04. The molecule has 0 bridgehead atoms. The molecular formula is C15H11Cl2FO2. The van der Waals surface area contributed by atoms with Crippen LogP contribution in [-0.2, 0) is 0 Å². The molecule has 0 aliphatic heterocycles. The molecule has 0 saturated heterocycles. The number of carbonyl (C=O) groups is 1. The van der Waals surface area contributed by atoms with Gasteiger partial charge in [0.1, 0.15) is 0 Å². The molecule has 0 aliphatic carbocycles. The first kappa shape index (κ1) is 14.8.